The van der Waals surface area contributed by atoms with Crippen molar-refractivity contribution in [2.24, 2.45) is 5.41 Å². The van der Waals surface area contributed by atoms with Gasteiger partial charge in [0.15, 0.2) is 0 Å². The van der Waals surface area contributed by atoms with Crippen molar-refractivity contribution in [1.29, 1.82) is 0 Å². The van der Waals surface area contributed by atoms with Crippen LogP contribution in [0.4, 0.5) is 0 Å². The minimum Gasteiger partial charge on any atom is -0.498 e. The Morgan fingerprint density at radius 2 is 1.05 bits per heavy atom. The summed E-state index contributed by atoms with van der Waals surface area (Å²) in [6.07, 6.45) is 44.6. The van der Waals surface area contributed by atoms with E-state index in [1.54, 1.807) is 0 Å². The Morgan fingerprint density at radius 3 is 1.56 bits per heavy atom. The third kappa shape index (κ3) is 28.9. The first-order chi connectivity index (χ1) is 19.8. The number of hydrogen-bond acceptors (Lipinski definition) is 2. The maximum atomic E-state index is 6.40. The van der Waals surface area contributed by atoms with Crippen molar-refractivity contribution in [2.45, 2.75) is 194 Å². The molecule has 2 atom stereocenters. The van der Waals surface area contributed by atoms with Crippen LogP contribution in [0, 0.1) is 5.41 Å². The third-order valence-corrected chi connectivity index (χ3v) is 8.60. The molecule has 0 fully saturated rings. The summed E-state index contributed by atoms with van der Waals surface area (Å²) < 4.78 is 6.40. The van der Waals surface area contributed by atoms with E-state index in [-0.39, 0.29) is 5.41 Å². The van der Waals surface area contributed by atoms with E-state index in [0.717, 1.165) is 12.8 Å². The molecule has 41 heavy (non-hydrogen) atoms. The Hall–Kier alpha value is -1.02. The molecule has 0 saturated carbocycles. The van der Waals surface area contributed by atoms with Gasteiger partial charge in [0.2, 0.25) is 0 Å². The molecule has 0 saturated heterocycles. The van der Waals surface area contributed by atoms with E-state index in [2.05, 4.69) is 84.0 Å². The molecule has 0 heterocycles. The highest BCUT2D eigenvalue weighted by atomic mass is 16.5. The number of rotatable bonds is 30. The average Bonchev–Trinajstić information content (AvgIpc) is 2.93. The SMILES string of the molecule is CCCCC/C=C\C/C=C\CCCCCCCCC(CCCCCCCCCC)O/C=C/C(C)(C)CC(C)N(C)C. The lowest BCUT2D eigenvalue weighted by molar-refractivity contribution is 0.117. The smallest absolute Gasteiger partial charge is 0.0978 e. The maximum Gasteiger partial charge on any atom is 0.0978 e. The van der Waals surface area contributed by atoms with E-state index in [9.17, 15) is 0 Å². The molecule has 242 valence electrons. The summed E-state index contributed by atoms with van der Waals surface area (Å²) in [6, 6.07) is 0.570. The minimum atomic E-state index is 0.160. The molecule has 0 amide bonds. The van der Waals surface area contributed by atoms with Gasteiger partial charge in [-0.25, -0.2) is 0 Å². The number of ether oxygens (including phenoxy) is 1. The Kier molecular flexibility index (Phi) is 28.3. The average molecular weight is 574 g/mol. The molecule has 0 radical (unpaired) electrons. The normalized spacial score (nSPS) is 14.2. The summed E-state index contributed by atoms with van der Waals surface area (Å²) in [7, 11) is 4.35. The second kappa shape index (κ2) is 29.1. The predicted molar refractivity (Wildman–Crippen MR) is 187 cm³/mol. The van der Waals surface area contributed by atoms with Gasteiger partial charge in [0, 0.05) is 6.04 Å². The molecule has 0 spiro atoms. The van der Waals surface area contributed by atoms with Gasteiger partial charge in [0.25, 0.3) is 0 Å². The lowest BCUT2D eigenvalue weighted by Crippen LogP contribution is -2.29. The van der Waals surface area contributed by atoms with Crippen molar-refractivity contribution < 1.29 is 4.74 Å². The monoisotopic (exact) mass is 574 g/mol. The van der Waals surface area contributed by atoms with Gasteiger partial charge in [-0.15, -0.1) is 0 Å². The van der Waals surface area contributed by atoms with Crippen LogP contribution in [0.5, 0.6) is 0 Å². The van der Waals surface area contributed by atoms with E-state index in [4.69, 9.17) is 4.74 Å². The maximum absolute atomic E-state index is 6.40. The van der Waals surface area contributed by atoms with Crippen molar-refractivity contribution in [3.05, 3.63) is 36.6 Å². The van der Waals surface area contributed by atoms with E-state index >= 15 is 0 Å². The summed E-state index contributed by atoms with van der Waals surface area (Å²) in [5.41, 5.74) is 0.160. The molecule has 0 aliphatic rings. The zero-order valence-electron chi connectivity index (χ0n) is 29.2. The Labute approximate surface area is 259 Å². The van der Waals surface area contributed by atoms with Crippen molar-refractivity contribution in [3.63, 3.8) is 0 Å². The topological polar surface area (TPSA) is 12.5 Å². The quantitative estimate of drug-likeness (QED) is 0.0481. The highest BCUT2D eigenvalue weighted by molar-refractivity contribution is 4.94. The first kappa shape index (κ1) is 40.0. The highest BCUT2D eigenvalue weighted by Crippen LogP contribution is 2.26. The number of allylic oxidation sites excluding steroid dienone is 5. The zero-order valence-corrected chi connectivity index (χ0v) is 29.2. The summed E-state index contributed by atoms with van der Waals surface area (Å²) in [4.78, 5) is 2.31. The van der Waals surface area contributed by atoms with Gasteiger partial charge in [0.1, 0.15) is 0 Å². The van der Waals surface area contributed by atoms with Crippen LogP contribution in [-0.4, -0.2) is 31.1 Å². The molecule has 2 nitrogen and oxygen atoms in total. The van der Waals surface area contributed by atoms with Gasteiger partial charge >= 0.3 is 0 Å². The van der Waals surface area contributed by atoms with Crippen LogP contribution in [0.15, 0.2) is 36.6 Å². The Morgan fingerprint density at radius 1 is 0.610 bits per heavy atom. The summed E-state index contributed by atoms with van der Waals surface area (Å²) >= 11 is 0. The van der Waals surface area contributed by atoms with Crippen LogP contribution in [0.2, 0.25) is 0 Å². The molecule has 0 aliphatic carbocycles. The fraction of sp³-hybridized carbons (Fsp3) is 0.846. The first-order valence-corrected chi connectivity index (χ1v) is 18.1. The van der Waals surface area contributed by atoms with Gasteiger partial charge in [0.05, 0.1) is 12.4 Å². The van der Waals surface area contributed by atoms with E-state index in [1.165, 1.54) is 135 Å². The molecule has 0 aromatic carbocycles. The van der Waals surface area contributed by atoms with Crippen LogP contribution in [0.1, 0.15) is 182 Å². The van der Waals surface area contributed by atoms with Gasteiger partial charge in [-0.05, 0) is 96.7 Å². The van der Waals surface area contributed by atoms with Crippen LogP contribution in [-0.2, 0) is 4.74 Å². The van der Waals surface area contributed by atoms with Crippen molar-refractivity contribution in [3.8, 4) is 0 Å². The zero-order chi connectivity index (χ0) is 30.4. The minimum absolute atomic E-state index is 0.160. The molecule has 0 bridgehead atoms. The van der Waals surface area contributed by atoms with E-state index in [0.29, 0.717) is 12.1 Å². The van der Waals surface area contributed by atoms with Crippen molar-refractivity contribution >= 4 is 0 Å². The second-order valence-corrected chi connectivity index (χ2v) is 13.7. The van der Waals surface area contributed by atoms with Crippen molar-refractivity contribution in [1.82, 2.24) is 4.90 Å². The fourth-order valence-corrected chi connectivity index (χ4v) is 5.49. The molecular weight excluding hydrogens is 498 g/mol. The van der Waals surface area contributed by atoms with Gasteiger partial charge in [-0.1, -0.05) is 135 Å². The Balaban J connectivity index is 4.23. The van der Waals surface area contributed by atoms with Gasteiger partial charge in [-0.2, -0.15) is 0 Å². The van der Waals surface area contributed by atoms with E-state index in [1.807, 2.05) is 6.26 Å². The summed E-state index contributed by atoms with van der Waals surface area (Å²) in [5, 5.41) is 0. The van der Waals surface area contributed by atoms with Gasteiger partial charge < -0.3 is 9.64 Å². The number of nitrogens with zero attached hydrogens (tertiary/aromatic N) is 1. The standard InChI is InChI=1S/C39H75NO/c1-8-10-12-14-16-18-19-20-21-22-23-24-25-27-29-31-33-38(32-30-28-26-17-15-13-11-9-2)41-35-34-39(4,5)36-37(3)40(6)7/h16,18,20-21,34-35,37-38H,8-15,17,19,22-33,36H2,1-7H3/b18-16-,21-20-,35-34+. The van der Waals surface area contributed by atoms with Crippen LogP contribution in [0.25, 0.3) is 0 Å². The Bertz CT molecular complexity index is 617. The molecule has 2 heteroatoms. The predicted octanol–water partition coefficient (Wildman–Crippen LogP) is 13.0. The van der Waals surface area contributed by atoms with Crippen LogP contribution < -0.4 is 0 Å². The third-order valence-electron chi connectivity index (χ3n) is 8.60. The van der Waals surface area contributed by atoms with E-state index < -0.39 is 0 Å². The number of unbranched alkanes of at least 4 members (excludes halogenated alkanes) is 16. The highest BCUT2D eigenvalue weighted by Gasteiger charge is 2.19. The largest absolute Gasteiger partial charge is 0.498 e. The molecule has 0 aromatic rings. The summed E-state index contributed by atoms with van der Waals surface area (Å²) in [6.45, 7) is 11.6. The molecule has 2 unspecified atom stereocenters. The summed E-state index contributed by atoms with van der Waals surface area (Å²) in [5.74, 6) is 0. The molecule has 0 rings (SSSR count). The molecule has 0 N–H and O–H groups in total. The van der Waals surface area contributed by atoms with Crippen LogP contribution >= 0.6 is 0 Å². The van der Waals surface area contributed by atoms with Gasteiger partial charge in [-0.3, -0.25) is 0 Å². The number of hydrogen-bond donors (Lipinski definition) is 0. The van der Waals surface area contributed by atoms with Crippen LogP contribution in [0.3, 0.4) is 0 Å². The lowest BCUT2D eigenvalue weighted by atomic mass is 9.86. The van der Waals surface area contributed by atoms with Crippen molar-refractivity contribution in [2.75, 3.05) is 14.1 Å². The molecule has 0 aromatic heterocycles. The first-order valence-electron chi connectivity index (χ1n) is 18.1. The lowest BCUT2D eigenvalue weighted by Gasteiger charge is -2.29. The second-order valence-electron chi connectivity index (χ2n) is 13.7. The molecular formula is C39H75NO. The fourth-order valence-electron chi connectivity index (χ4n) is 5.49. The molecule has 0 aliphatic heterocycles.